The van der Waals surface area contributed by atoms with Gasteiger partial charge in [-0.1, -0.05) is 25.1 Å². The minimum atomic E-state index is -4.20. The van der Waals surface area contributed by atoms with Gasteiger partial charge in [-0.25, -0.2) is 9.55 Å². The first-order chi connectivity index (χ1) is 18.1. The number of esters is 1. The molecule has 15 heteroatoms. The number of aliphatic hydroxyl groups excluding tert-OH is 1. The number of nitrogens with one attached hydrogen (secondary N) is 1. The average Bonchev–Trinajstić information content (AvgIpc) is 3.47. The van der Waals surface area contributed by atoms with E-state index in [1.807, 2.05) is 6.92 Å². The lowest BCUT2D eigenvalue weighted by Crippen LogP contribution is -2.38. The number of hydrogen-bond acceptors (Lipinski definition) is 11. The first-order valence-electron chi connectivity index (χ1n) is 12.1. The predicted octanol–water partition coefficient (Wildman–Crippen LogP) is 3.23. The van der Waals surface area contributed by atoms with E-state index in [4.69, 9.17) is 35.9 Å². The van der Waals surface area contributed by atoms with E-state index in [1.54, 1.807) is 41.8 Å². The van der Waals surface area contributed by atoms with Gasteiger partial charge in [0.15, 0.2) is 11.5 Å². The van der Waals surface area contributed by atoms with Crippen molar-refractivity contribution in [2.45, 2.75) is 64.2 Å². The number of anilines is 1. The van der Waals surface area contributed by atoms with Crippen LogP contribution in [-0.4, -0.2) is 61.6 Å². The van der Waals surface area contributed by atoms with E-state index in [0.29, 0.717) is 17.6 Å². The Morgan fingerprint density at radius 3 is 2.76 bits per heavy atom. The van der Waals surface area contributed by atoms with E-state index in [2.05, 4.69) is 20.0 Å². The molecule has 1 aliphatic heterocycles. The number of nitrogen functional groups attached to an aromatic ring is 1. The molecule has 6 atom stereocenters. The van der Waals surface area contributed by atoms with Gasteiger partial charge in [0, 0.05) is 6.42 Å². The Morgan fingerprint density at radius 2 is 2.08 bits per heavy atom. The van der Waals surface area contributed by atoms with Crippen LogP contribution in [0.3, 0.4) is 0 Å². The van der Waals surface area contributed by atoms with Gasteiger partial charge in [-0.05, 0) is 44.0 Å². The molecule has 4 rings (SSSR count). The molecule has 0 aliphatic carbocycles. The van der Waals surface area contributed by atoms with Crippen LogP contribution in [0.2, 0.25) is 5.28 Å². The topological polar surface area (TPSA) is 173 Å². The molecular formula is C23H30ClN6O7P. The molecule has 0 saturated carbocycles. The van der Waals surface area contributed by atoms with Crippen molar-refractivity contribution in [1.82, 2.24) is 24.6 Å². The van der Waals surface area contributed by atoms with Gasteiger partial charge in [0.05, 0.1) is 19.0 Å². The zero-order valence-corrected chi connectivity index (χ0v) is 22.7. The van der Waals surface area contributed by atoms with Gasteiger partial charge < -0.3 is 24.8 Å². The van der Waals surface area contributed by atoms with E-state index in [9.17, 15) is 14.5 Å². The molecule has 38 heavy (non-hydrogen) atoms. The lowest BCUT2D eigenvalue weighted by molar-refractivity contribution is -0.150. The molecule has 1 saturated heterocycles. The molecule has 206 valence electrons. The highest BCUT2D eigenvalue weighted by molar-refractivity contribution is 7.52. The largest absolute Gasteiger partial charge is 0.462 e. The van der Waals surface area contributed by atoms with Crippen LogP contribution >= 0.6 is 19.3 Å². The number of fused-ring (bicyclic) bond motifs is 1. The number of carbonyl (C=O) groups is 1. The fourth-order valence-corrected chi connectivity index (χ4v) is 5.70. The SMILES string of the molecule is CCC(C)OC(=O)[C@H](C)NP(=O)(Oc1ccccc1)O[C@@H]1C[C@H](n2cnc3c(N)nc(Cl)nc32)OC1CO. The van der Waals surface area contributed by atoms with Crippen LogP contribution in [-0.2, 0) is 23.4 Å². The number of aliphatic hydroxyl groups is 1. The van der Waals surface area contributed by atoms with Gasteiger partial charge in [0.25, 0.3) is 0 Å². The zero-order valence-electron chi connectivity index (χ0n) is 21.1. The summed E-state index contributed by atoms with van der Waals surface area (Å²) in [4.78, 5) is 24.9. The number of halogens is 1. The van der Waals surface area contributed by atoms with Crippen LogP contribution in [0.25, 0.3) is 11.2 Å². The number of nitrogens with two attached hydrogens (primary N) is 1. The van der Waals surface area contributed by atoms with Gasteiger partial charge in [-0.15, -0.1) is 0 Å². The summed E-state index contributed by atoms with van der Waals surface area (Å²) in [5.74, 6) is -0.256. The van der Waals surface area contributed by atoms with Crippen molar-refractivity contribution in [1.29, 1.82) is 0 Å². The maximum atomic E-state index is 14.0. The van der Waals surface area contributed by atoms with E-state index in [0.717, 1.165) is 0 Å². The Morgan fingerprint density at radius 1 is 1.34 bits per heavy atom. The molecule has 0 spiro atoms. The smallest absolute Gasteiger partial charge is 0.459 e. The first kappa shape index (κ1) is 28.2. The van der Waals surface area contributed by atoms with Gasteiger partial charge in [-0.3, -0.25) is 13.9 Å². The minimum Gasteiger partial charge on any atom is -0.462 e. The third-order valence-corrected chi connectivity index (χ3v) is 7.80. The van der Waals surface area contributed by atoms with Crippen molar-refractivity contribution < 1.29 is 33.0 Å². The Hall–Kier alpha value is -2.80. The number of carbonyl (C=O) groups excluding carboxylic acids is 1. The quantitative estimate of drug-likeness (QED) is 0.175. The van der Waals surface area contributed by atoms with Crippen LogP contribution in [0.15, 0.2) is 36.7 Å². The van der Waals surface area contributed by atoms with Gasteiger partial charge in [-0.2, -0.15) is 15.1 Å². The Balaban J connectivity index is 1.57. The molecule has 3 heterocycles. The molecular weight excluding hydrogens is 539 g/mol. The molecule has 0 bridgehead atoms. The summed E-state index contributed by atoms with van der Waals surface area (Å²) < 4.78 is 38.6. The highest BCUT2D eigenvalue weighted by Crippen LogP contribution is 2.49. The average molecular weight is 569 g/mol. The van der Waals surface area contributed by atoms with E-state index < -0.39 is 44.8 Å². The third-order valence-electron chi connectivity index (χ3n) is 5.93. The lowest BCUT2D eigenvalue weighted by atomic mass is 10.2. The third kappa shape index (κ3) is 6.42. The molecule has 1 aromatic carbocycles. The summed E-state index contributed by atoms with van der Waals surface area (Å²) in [6, 6.07) is 7.35. The molecule has 0 radical (unpaired) electrons. The van der Waals surface area contributed by atoms with Crippen LogP contribution in [0.5, 0.6) is 5.75 Å². The number of aromatic nitrogens is 4. The fourth-order valence-electron chi connectivity index (χ4n) is 3.82. The molecule has 4 N–H and O–H groups in total. The van der Waals surface area contributed by atoms with E-state index in [1.165, 1.54) is 13.3 Å². The number of benzene rings is 1. The van der Waals surface area contributed by atoms with Crippen molar-refractivity contribution in [3.63, 3.8) is 0 Å². The fraction of sp³-hybridized carbons (Fsp3) is 0.478. The number of rotatable bonds is 11. The van der Waals surface area contributed by atoms with E-state index >= 15 is 0 Å². The second kappa shape index (κ2) is 11.9. The summed E-state index contributed by atoms with van der Waals surface area (Å²) >= 11 is 5.97. The van der Waals surface area contributed by atoms with Gasteiger partial charge >= 0.3 is 13.7 Å². The molecule has 3 aromatic rings. The van der Waals surface area contributed by atoms with Gasteiger partial charge in [0.2, 0.25) is 5.28 Å². The lowest BCUT2D eigenvalue weighted by Gasteiger charge is -2.27. The first-order valence-corrected chi connectivity index (χ1v) is 14.0. The van der Waals surface area contributed by atoms with Crippen molar-refractivity contribution in [3.05, 3.63) is 41.9 Å². The number of ether oxygens (including phenoxy) is 2. The Kier molecular flexibility index (Phi) is 8.86. The highest BCUT2D eigenvalue weighted by Gasteiger charge is 2.44. The summed E-state index contributed by atoms with van der Waals surface area (Å²) in [5, 5.41) is 12.6. The van der Waals surface area contributed by atoms with Crippen molar-refractivity contribution >= 4 is 42.3 Å². The molecule has 13 nitrogen and oxygen atoms in total. The number of imidazole rings is 1. The van der Waals surface area contributed by atoms with Crippen molar-refractivity contribution in [2.75, 3.05) is 12.3 Å². The second-order valence-corrected chi connectivity index (χ2v) is 10.8. The second-order valence-electron chi connectivity index (χ2n) is 8.80. The van der Waals surface area contributed by atoms with E-state index in [-0.39, 0.29) is 29.4 Å². The highest BCUT2D eigenvalue weighted by atomic mass is 35.5. The molecule has 3 unspecified atom stereocenters. The normalized spacial score (nSPS) is 22.6. The monoisotopic (exact) mass is 568 g/mol. The Bertz CT molecular complexity index is 1310. The van der Waals surface area contributed by atoms with Crippen molar-refractivity contribution in [2.24, 2.45) is 0 Å². The summed E-state index contributed by atoms with van der Waals surface area (Å²) in [5.41, 5.74) is 6.56. The molecule has 1 aliphatic rings. The molecule has 2 aromatic heterocycles. The van der Waals surface area contributed by atoms with Crippen molar-refractivity contribution in [3.8, 4) is 5.75 Å². The maximum Gasteiger partial charge on any atom is 0.459 e. The number of nitrogens with zero attached hydrogens (tertiary/aromatic N) is 4. The van der Waals surface area contributed by atoms with Crippen LogP contribution in [0.4, 0.5) is 5.82 Å². The molecule has 0 amide bonds. The minimum absolute atomic E-state index is 0.0653. The summed E-state index contributed by atoms with van der Waals surface area (Å²) in [6.45, 7) is 4.70. The van der Waals surface area contributed by atoms with Crippen LogP contribution < -0.4 is 15.3 Å². The van der Waals surface area contributed by atoms with Gasteiger partial charge in [0.1, 0.15) is 35.7 Å². The summed E-state index contributed by atoms with van der Waals surface area (Å²) in [6.07, 6.45) is -0.615. The number of hydrogen-bond donors (Lipinski definition) is 3. The zero-order chi connectivity index (χ0) is 27.4. The Labute approximate surface area is 224 Å². The number of para-hydroxylation sites is 1. The van der Waals surface area contributed by atoms with Crippen LogP contribution in [0, 0.1) is 0 Å². The maximum absolute atomic E-state index is 14.0. The summed E-state index contributed by atoms with van der Waals surface area (Å²) in [7, 11) is -4.20. The van der Waals surface area contributed by atoms with Crippen LogP contribution in [0.1, 0.15) is 39.8 Å². The predicted molar refractivity (Wildman–Crippen MR) is 138 cm³/mol. The standard InChI is InChI=1S/C23H30ClN6O7P/c1-4-13(2)34-22(32)14(3)29-38(33,36-15-8-6-5-7-9-15)37-16-10-18(35-17(16)11-31)30-12-26-19-20(25)27-23(24)28-21(19)30/h5-9,12-14,16-18,31H,4,10-11H2,1-3H3,(H,29,33)(H2,25,27,28)/t13?,14-,16+,17?,18+,38?/m0/s1. The molecule has 1 fully saturated rings.